The fraction of sp³-hybridized carbons (Fsp3) is 0.864. The number of methoxy groups -OCH3 is 2. The van der Waals surface area contributed by atoms with Gasteiger partial charge in [0.2, 0.25) is 6.29 Å². The van der Waals surface area contributed by atoms with Gasteiger partial charge in [-0.3, -0.25) is 4.79 Å². The lowest BCUT2D eigenvalue weighted by Crippen LogP contribution is -2.63. The van der Waals surface area contributed by atoms with Crippen LogP contribution >= 0.6 is 0 Å². The van der Waals surface area contributed by atoms with Crippen LogP contribution in [0.5, 0.6) is 0 Å². The molecule has 2 aliphatic heterocycles. The third kappa shape index (κ3) is 2.71. The Morgan fingerprint density at radius 3 is 2.45 bits per heavy atom. The molecular weight excluding hydrogens is 376 g/mol. The third-order valence-electron chi connectivity index (χ3n) is 8.24. The largest absolute Gasteiger partial charge is 0.471 e. The van der Waals surface area contributed by atoms with Gasteiger partial charge in [-0.15, -0.1) is 0 Å². The highest BCUT2D eigenvalue weighted by molar-refractivity contribution is 6.02. The van der Waals surface area contributed by atoms with Gasteiger partial charge < -0.3 is 29.2 Å². The Labute approximate surface area is 172 Å². The highest BCUT2D eigenvalue weighted by Crippen LogP contribution is 2.67. The van der Waals surface area contributed by atoms with Gasteiger partial charge in [0.05, 0.1) is 29.0 Å². The summed E-state index contributed by atoms with van der Waals surface area (Å²) >= 11 is 0. The molecule has 3 fully saturated rings. The normalized spacial score (nSPS) is 51.2. The summed E-state index contributed by atoms with van der Waals surface area (Å²) in [5.74, 6) is -0.415. The smallest absolute Gasteiger partial charge is 0.211 e. The Morgan fingerprint density at radius 2 is 1.83 bits per heavy atom. The van der Waals surface area contributed by atoms with Crippen molar-refractivity contribution in [2.75, 3.05) is 14.2 Å². The maximum atomic E-state index is 13.5. The van der Waals surface area contributed by atoms with Crippen LogP contribution in [0, 0.1) is 22.7 Å². The number of ketones is 1. The fourth-order valence-corrected chi connectivity index (χ4v) is 6.82. The summed E-state index contributed by atoms with van der Waals surface area (Å²) in [6.45, 7) is 7.32. The van der Waals surface area contributed by atoms with Gasteiger partial charge in [-0.2, -0.15) is 0 Å². The number of carbonyl (C=O) groups is 1. The van der Waals surface area contributed by atoms with E-state index in [-0.39, 0.29) is 17.6 Å². The molecule has 164 valence electrons. The summed E-state index contributed by atoms with van der Waals surface area (Å²) in [5, 5.41) is 22.3. The van der Waals surface area contributed by atoms with Gasteiger partial charge in [0.15, 0.2) is 12.1 Å². The quantitative estimate of drug-likeness (QED) is 0.736. The predicted octanol–water partition coefficient (Wildman–Crippen LogP) is 2.15. The van der Waals surface area contributed by atoms with Crippen molar-refractivity contribution in [3.63, 3.8) is 0 Å². The number of carbonyl (C=O) groups excluding carboxylic acids is 1. The van der Waals surface area contributed by atoms with Crippen LogP contribution in [0.15, 0.2) is 11.8 Å². The first-order valence-electron chi connectivity index (χ1n) is 10.5. The van der Waals surface area contributed by atoms with Crippen molar-refractivity contribution in [1.29, 1.82) is 0 Å². The number of aliphatic hydroxyl groups is 2. The molecule has 29 heavy (non-hydrogen) atoms. The molecule has 0 aromatic carbocycles. The van der Waals surface area contributed by atoms with Crippen LogP contribution in [0.4, 0.5) is 0 Å². The molecule has 2 heterocycles. The van der Waals surface area contributed by atoms with Crippen molar-refractivity contribution in [3.8, 4) is 0 Å². The molecule has 2 bridgehead atoms. The zero-order valence-corrected chi connectivity index (χ0v) is 18.2. The Balaban J connectivity index is 1.81. The lowest BCUT2D eigenvalue weighted by Gasteiger charge is -2.58. The lowest BCUT2D eigenvalue weighted by atomic mass is 9.55. The maximum Gasteiger partial charge on any atom is 0.211 e. The number of hydrogen-bond acceptors (Lipinski definition) is 7. The summed E-state index contributed by atoms with van der Waals surface area (Å²) in [7, 11) is 3.09. The Kier molecular flexibility index (Phi) is 4.76. The van der Waals surface area contributed by atoms with E-state index < -0.39 is 40.7 Å². The molecule has 7 nitrogen and oxygen atoms in total. The Morgan fingerprint density at radius 1 is 1.14 bits per heavy atom. The van der Waals surface area contributed by atoms with E-state index >= 15 is 0 Å². The van der Waals surface area contributed by atoms with Crippen LogP contribution in [0.25, 0.3) is 0 Å². The molecule has 1 unspecified atom stereocenters. The molecule has 0 aromatic heterocycles. The molecule has 4 aliphatic rings. The van der Waals surface area contributed by atoms with Crippen molar-refractivity contribution in [1.82, 2.24) is 0 Å². The highest BCUT2D eigenvalue weighted by Gasteiger charge is 2.71. The van der Waals surface area contributed by atoms with Crippen LogP contribution in [-0.4, -0.2) is 60.1 Å². The summed E-state index contributed by atoms with van der Waals surface area (Å²) in [4.78, 5) is 13.5. The second kappa shape index (κ2) is 6.50. The van der Waals surface area contributed by atoms with E-state index in [0.29, 0.717) is 24.8 Å². The van der Waals surface area contributed by atoms with E-state index in [4.69, 9.17) is 18.9 Å². The third-order valence-corrected chi connectivity index (χ3v) is 8.24. The van der Waals surface area contributed by atoms with Gasteiger partial charge in [0.1, 0.15) is 5.60 Å². The zero-order chi connectivity index (χ0) is 21.4. The maximum absolute atomic E-state index is 13.5. The van der Waals surface area contributed by atoms with E-state index in [1.54, 1.807) is 21.0 Å². The molecule has 0 amide bonds. The van der Waals surface area contributed by atoms with E-state index in [9.17, 15) is 15.0 Å². The molecule has 4 rings (SSSR count). The summed E-state index contributed by atoms with van der Waals surface area (Å²) < 4.78 is 23.2. The Hall–Kier alpha value is -0.990. The molecule has 0 radical (unpaired) electrons. The van der Waals surface area contributed by atoms with Crippen molar-refractivity contribution in [2.45, 2.75) is 83.3 Å². The van der Waals surface area contributed by atoms with Crippen molar-refractivity contribution < 1.29 is 34.0 Å². The summed E-state index contributed by atoms with van der Waals surface area (Å²) in [6.07, 6.45) is 1.93. The topological polar surface area (TPSA) is 94.5 Å². The minimum absolute atomic E-state index is 0.0913. The first-order chi connectivity index (χ1) is 13.4. The van der Waals surface area contributed by atoms with E-state index in [1.807, 2.05) is 13.8 Å². The molecule has 2 saturated carbocycles. The first-order valence-corrected chi connectivity index (χ1v) is 10.5. The van der Waals surface area contributed by atoms with Crippen LogP contribution in [0.1, 0.15) is 53.4 Å². The van der Waals surface area contributed by atoms with Gasteiger partial charge in [0, 0.05) is 37.9 Å². The summed E-state index contributed by atoms with van der Waals surface area (Å²) in [6, 6.07) is 0. The molecule has 8 atom stereocenters. The first kappa shape index (κ1) is 21.2. The van der Waals surface area contributed by atoms with Gasteiger partial charge in [0.25, 0.3) is 0 Å². The van der Waals surface area contributed by atoms with Crippen LogP contribution < -0.4 is 0 Å². The average molecular weight is 411 g/mol. The number of fused-ring (bicyclic) bond motifs is 1. The monoisotopic (exact) mass is 410 g/mol. The number of hydrogen-bond donors (Lipinski definition) is 2. The highest BCUT2D eigenvalue weighted by atomic mass is 16.7. The molecule has 1 saturated heterocycles. The second-order valence-electron chi connectivity index (χ2n) is 10.3. The molecule has 7 heteroatoms. The minimum Gasteiger partial charge on any atom is -0.471 e. The number of aliphatic hydroxyl groups excluding tert-OH is 1. The minimum atomic E-state index is -1.00. The number of rotatable bonds is 3. The zero-order valence-electron chi connectivity index (χ0n) is 18.2. The molecule has 1 spiro atoms. The average Bonchev–Trinajstić information content (AvgIpc) is 2.75. The van der Waals surface area contributed by atoms with Crippen LogP contribution in [0.2, 0.25) is 0 Å². The van der Waals surface area contributed by atoms with Gasteiger partial charge >= 0.3 is 0 Å². The van der Waals surface area contributed by atoms with E-state index in [0.717, 1.165) is 6.42 Å². The van der Waals surface area contributed by atoms with Gasteiger partial charge in [-0.1, -0.05) is 0 Å². The fourth-order valence-electron chi connectivity index (χ4n) is 6.82. The number of Topliss-reactive ketones (excluding diaryl/α,β-unsaturated/α-hetero) is 1. The van der Waals surface area contributed by atoms with Crippen LogP contribution in [0.3, 0.4) is 0 Å². The number of ether oxygens (including phenoxy) is 4. The molecule has 2 N–H and O–H groups in total. The molecule has 0 aromatic rings. The Bertz CT molecular complexity index is 729. The summed E-state index contributed by atoms with van der Waals surface area (Å²) in [5.41, 5.74) is -2.97. The van der Waals surface area contributed by atoms with Crippen molar-refractivity contribution >= 4 is 5.78 Å². The van der Waals surface area contributed by atoms with Gasteiger partial charge in [-0.05, 0) is 47.0 Å². The van der Waals surface area contributed by atoms with Crippen LogP contribution in [-0.2, 0) is 23.7 Å². The standard InChI is InChI=1S/C22H34O7/c1-19(2)16(23)13(10-28-18(19)27-6)21(4)14-8-7-12-17(24)22(14,11-20(12,3)25)9-15(26-5)29-21/h10,12,14-15,17-18,24-25H,7-9,11H2,1-6H3/t12-,14+,15-,17+,18+,20-,21+,22?/m1/s1. The molecule has 2 aliphatic carbocycles. The van der Waals surface area contributed by atoms with E-state index in [2.05, 4.69) is 0 Å². The predicted molar refractivity (Wildman–Crippen MR) is 104 cm³/mol. The van der Waals surface area contributed by atoms with Crippen molar-refractivity contribution in [2.24, 2.45) is 22.7 Å². The van der Waals surface area contributed by atoms with Gasteiger partial charge in [-0.25, -0.2) is 0 Å². The van der Waals surface area contributed by atoms with Crippen molar-refractivity contribution in [3.05, 3.63) is 11.8 Å². The molecular formula is C22H34O7. The van der Waals surface area contributed by atoms with E-state index in [1.165, 1.54) is 13.4 Å². The second-order valence-corrected chi connectivity index (χ2v) is 10.3. The lowest BCUT2D eigenvalue weighted by molar-refractivity contribution is -0.287. The SMILES string of the molecule is CO[C@H]1CC23C[C@@](C)(O)[C@H](CC[C@H]2[C@](C)(C2=CO[C@H](OC)C(C)(C)C2=O)O1)[C@@H]3O.